The lowest BCUT2D eigenvalue weighted by Crippen LogP contribution is -2.30. The van der Waals surface area contributed by atoms with E-state index >= 15 is 0 Å². The van der Waals surface area contributed by atoms with Gasteiger partial charge in [0.2, 0.25) is 0 Å². The largest absolute Gasteiger partial charge is 0.309 e. The Bertz CT molecular complexity index is 397. The van der Waals surface area contributed by atoms with Crippen LogP contribution < -0.4 is 5.32 Å². The molecule has 1 aromatic carbocycles. The maximum absolute atomic E-state index is 11.9. The quantitative estimate of drug-likeness (QED) is 0.897. The first-order chi connectivity index (χ1) is 8.30. The fraction of sp³-hybridized carbons (Fsp3) is 0.571. The molecule has 2 nitrogen and oxygen atoms in total. The summed E-state index contributed by atoms with van der Waals surface area (Å²) in [6.07, 6.45) is 0. The first-order valence-corrected chi connectivity index (χ1v) is 7.87. The molecule has 0 aromatic heterocycles. The average Bonchev–Trinajstić information content (AvgIpc) is 2.28. The Morgan fingerprint density at radius 1 is 1.28 bits per heavy atom. The zero-order valence-electron chi connectivity index (χ0n) is 11.5. The van der Waals surface area contributed by atoms with Crippen LogP contribution in [0.3, 0.4) is 0 Å². The van der Waals surface area contributed by atoms with Crippen molar-refractivity contribution in [3.05, 3.63) is 34.9 Å². The smallest absolute Gasteiger partial charge is 0.0406 e. The molecular formula is C14H22ClNOS. The molecular weight excluding hydrogens is 266 g/mol. The van der Waals surface area contributed by atoms with Crippen molar-refractivity contribution in [1.82, 2.24) is 5.32 Å². The highest BCUT2D eigenvalue weighted by molar-refractivity contribution is 7.86. The van der Waals surface area contributed by atoms with E-state index in [-0.39, 0.29) is 10.8 Å². The lowest BCUT2D eigenvalue weighted by atomic mass is 10.1. The topological polar surface area (TPSA) is 29.1 Å². The van der Waals surface area contributed by atoms with Gasteiger partial charge in [-0.3, -0.25) is 4.21 Å². The third-order valence-electron chi connectivity index (χ3n) is 2.79. The van der Waals surface area contributed by atoms with E-state index in [1.54, 1.807) is 0 Å². The highest BCUT2D eigenvalue weighted by atomic mass is 35.5. The maximum Gasteiger partial charge on any atom is 0.0406 e. The van der Waals surface area contributed by atoms with Gasteiger partial charge in [-0.25, -0.2) is 0 Å². The molecule has 18 heavy (non-hydrogen) atoms. The van der Waals surface area contributed by atoms with Gasteiger partial charge in [0.1, 0.15) is 0 Å². The van der Waals surface area contributed by atoms with Crippen LogP contribution in [0.25, 0.3) is 0 Å². The van der Waals surface area contributed by atoms with Crippen LogP contribution in [0.1, 0.15) is 39.3 Å². The van der Waals surface area contributed by atoms with Crippen LogP contribution in [-0.2, 0) is 10.8 Å². The van der Waals surface area contributed by atoms with Gasteiger partial charge >= 0.3 is 0 Å². The lowest BCUT2D eigenvalue weighted by Gasteiger charge is -2.19. The Morgan fingerprint density at radius 2 is 1.83 bits per heavy atom. The van der Waals surface area contributed by atoms with Gasteiger partial charge in [-0.2, -0.15) is 0 Å². The first kappa shape index (κ1) is 15.7. The van der Waals surface area contributed by atoms with Crippen LogP contribution in [0.2, 0.25) is 5.02 Å². The number of hydrogen-bond donors (Lipinski definition) is 1. The molecule has 0 amide bonds. The van der Waals surface area contributed by atoms with E-state index in [9.17, 15) is 4.21 Å². The van der Waals surface area contributed by atoms with E-state index in [2.05, 4.69) is 12.2 Å². The SMILES string of the molecule is C[C@H](NCC[S@@](=O)C(C)(C)C)c1ccc(Cl)cc1. The minimum atomic E-state index is -0.797. The highest BCUT2D eigenvalue weighted by Crippen LogP contribution is 2.16. The summed E-state index contributed by atoms with van der Waals surface area (Å²) in [5.41, 5.74) is 1.20. The molecule has 0 aliphatic heterocycles. The molecule has 0 unspecified atom stereocenters. The molecule has 0 fully saturated rings. The summed E-state index contributed by atoms with van der Waals surface area (Å²) in [5, 5.41) is 4.14. The van der Waals surface area contributed by atoms with Crippen molar-refractivity contribution in [2.45, 2.75) is 38.5 Å². The molecule has 2 atom stereocenters. The Morgan fingerprint density at radius 3 is 2.33 bits per heavy atom. The fourth-order valence-electron chi connectivity index (χ4n) is 1.54. The highest BCUT2D eigenvalue weighted by Gasteiger charge is 2.18. The van der Waals surface area contributed by atoms with Crippen LogP contribution in [0.4, 0.5) is 0 Å². The number of halogens is 1. The van der Waals surface area contributed by atoms with Crippen LogP contribution in [0.5, 0.6) is 0 Å². The number of hydrogen-bond acceptors (Lipinski definition) is 2. The fourth-order valence-corrected chi connectivity index (χ4v) is 2.59. The van der Waals surface area contributed by atoms with Gasteiger partial charge in [-0.1, -0.05) is 23.7 Å². The van der Waals surface area contributed by atoms with Crippen LogP contribution in [-0.4, -0.2) is 21.3 Å². The zero-order chi connectivity index (χ0) is 13.8. The van der Waals surface area contributed by atoms with E-state index in [0.717, 1.165) is 11.6 Å². The van der Waals surface area contributed by atoms with Crippen LogP contribution in [0.15, 0.2) is 24.3 Å². The second-order valence-electron chi connectivity index (χ2n) is 5.39. The molecule has 102 valence electrons. The molecule has 0 spiro atoms. The zero-order valence-corrected chi connectivity index (χ0v) is 13.1. The number of rotatable bonds is 5. The summed E-state index contributed by atoms with van der Waals surface area (Å²) in [7, 11) is -0.797. The third kappa shape index (κ3) is 5.09. The lowest BCUT2D eigenvalue weighted by molar-refractivity contribution is 0.591. The second kappa shape index (κ2) is 6.69. The second-order valence-corrected chi connectivity index (χ2v) is 8.15. The standard InChI is InChI=1S/C14H22ClNOS/c1-11(12-5-7-13(15)8-6-12)16-9-10-18(17)14(2,3)4/h5-8,11,16H,9-10H2,1-4H3/t11-,18+/m0/s1. The van der Waals surface area contributed by atoms with Crippen molar-refractivity contribution in [2.75, 3.05) is 12.3 Å². The van der Waals surface area contributed by atoms with E-state index in [0.29, 0.717) is 5.75 Å². The summed E-state index contributed by atoms with van der Waals surface area (Å²) < 4.78 is 11.7. The van der Waals surface area contributed by atoms with Gasteiger partial charge in [-0.05, 0) is 45.4 Å². The molecule has 0 radical (unpaired) electrons. The molecule has 0 saturated heterocycles. The van der Waals surface area contributed by atoms with Gasteiger partial charge < -0.3 is 5.32 Å². The number of benzene rings is 1. The minimum absolute atomic E-state index is 0.134. The summed E-state index contributed by atoms with van der Waals surface area (Å²) >= 11 is 5.85. The minimum Gasteiger partial charge on any atom is -0.309 e. The molecule has 1 aromatic rings. The van der Waals surface area contributed by atoms with Crippen molar-refractivity contribution >= 4 is 22.4 Å². The van der Waals surface area contributed by atoms with E-state index in [1.165, 1.54) is 5.56 Å². The van der Waals surface area contributed by atoms with Crippen molar-refractivity contribution in [3.8, 4) is 0 Å². The molecule has 0 aliphatic carbocycles. The van der Waals surface area contributed by atoms with Crippen molar-refractivity contribution in [1.29, 1.82) is 0 Å². The molecule has 0 heterocycles. The Labute approximate surface area is 118 Å². The first-order valence-electron chi connectivity index (χ1n) is 6.18. The van der Waals surface area contributed by atoms with Gasteiger partial charge in [-0.15, -0.1) is 0 Å². The third-order valence-corrected chi connectivity index (χ3v) is 4.98. The molecule has 1 N–H and O–H groups in total. The molecule has 0 bridgehead atoms. The predicted molar refractivity (Wildman–Crippen MR) is 80.6 cm³/mol. The Kier molecular flexibility index (Phi) is 5.83. The number of nitrogens with one attached hydrogen (secondary N) is 1. The molecule has 4 heteroatoms. The Balaban J connectivity index is 2.40. The van der Waals surface area contributed by atoms with E-state index in [1.807, 2.05) is 45.0 Å². The van der Waals surface area contributed by atoms with Crippen molar-refractivity contribution in [2.24, 2.45) is 0 Å². The van der Waals surface area contributed by atoms with Crippen molar-refractivity contribution < 1.29 is 4.21 Å². The van der Waals surface area contributed by atoms with E-state index in [4.69, 9.17) is 11.6 Å². The molecule has 0 aliphatic rings. The summed E-state index contributed by atoms with van der Waals surface area (Å²) in [6, 6.07) is 8.06. The monoisotopic (exact) mass is 287 g/mol. The predicted octanol–water partition coefficient (Wildman–Crippen LogP) is 3.54. The summed E-state index contributed by atoms with van der Waals surface area (Å²) in [6.45, 7) is 8.88. The van der Waals surface area contributed by atoms with Gasteiger partial charge in [0, 0.05) is 38.9 Å². The Hall–Kier alpha value is -0.380. The molecule has 1 rings (SSSR count). The van der Waals surface area contributed by atoms with E-state index < -0.39 is 10.8 Å². The average molecular weight is 288 g/mol. The van der Waals surface area contributed by atoms with Crippen LogP contribution in [0, 0.1) is 0 Å². The van der Waals surface area contributed by atoms with Gasteiger partial charge in [0.25, 0.3) is 0 Å². The normalized spacial score (nSPS) is 15.4. The molecule has 0 saturated carbocycles. The van der Waals surface area contributed by atoms with Crippen molar-refractivity contribution in [3.63, 3.8) is 0 Å². The maximum atomic E-state index is 11.9. The summed E-state index contributed by atoms with van der Waals surface area (Å²) in [5.74, 6) is 0.682. The van der Waals surface area contributed by atoms with Gasteiger partial charge in [0.15, 0.2) is 0 Å². The summed E-state index contributed by atoms with van der Waals surface area (Å²) in [4.78, 5) is 0. The van der Waals surface area contributed by atoms with Gasteiger partial charge in [0.05, 0.1) is 0 Å². The van der Waals surface area contributed by atoms with Crippen LogP contribution >= 0.6 is 11.6 Å².